The van der Waals surface area contributed by atoms with Crippen LogP contribution in [-0.4, -0.2) is 39.6 Å². The molecule has 2 aromatic rings. The number of rotatable bonds is 4. The van der Waals surface area contributed by atoms with Gasteiger partial charge in [-0.05, 0) is 25.8 Å². The molecule has 0 unspecified atom stereocenters. The lowest BCUT2D eigenvalue weighted by Crippen LogP contribution is -2.46. The van der Waals surface area contributed by atoms with E-state index in [2.05, 4.69) is 15.3 Å². The minimum absolute atomic E-state index is 0.00649. The lowest BCUT2D eigenvalue weighted by atomic mass is 10.0. The molecule has 1 amide bonds. The fourth-order valence-electron chi connectivity index (χ4n) is 2.96. The van der Waals surface area contributed by atoms with Crippen molar-refractivity contribution in [1.29, 1.82) is 0 Å². The summed E-state index contributed by atoms with van der Waals surface area (Å²) >= 11 is 0. The third kappa shape index (κ3) is 3.67. The quantitative estimate of drug-likeness (QED) is 0.901. The van der Waals surface area contributed by atoms with Crippen LogP contribution in [0.5, 0.6) is 0 Å². The van der Waals surface area contributed by atoms with Gasteiger partial charge in [-0.25, -0.2) is 9.37 Å². The highest BCUT2D eigenvalue weighted by Crippen LogP contribution is 2.15. The molecule has 0 atom stereocenters. The molecule has 0 aromatic carbocycles. The summed E-state index contributed by atoms with van der Waals surface area (Å²) in [5.41, 5.74) is -0.112. The Morgan fingerprint density at radius 3 is 2.80 bits per heavy atom. The van der Waals surface area contributed by atoms with Gasteiger partial charge in [0, 0.05) is 44.3 Å². The third-order valence-electron chi connectivity index (χ3n) is 4.38. The Kier molecular flexibility index (Phi) is 5.06. The van der Waals surface area contributed by atoms with Crippen molar-refractivity contribution in [2.75, 3.05) is 18.0 Å². The fraction of sp³-hybridized carbons (Fsp3) is 0.412. The van der Waals surface area contributed by atoms with Crippen LogP contribution >= 0.6 is 0 Å². The summed E-state index contributed by atoms with van der Waals surface area (Å²) in [5.74, 6) is -0.634. The Morgan fingerprint density at radius 2 is 2.12 bits per heavy atom. The van der Waals surface area contributed by atoms with E-state index in [4.69, 9.17) is 0 Å². The van der Waals surface area contributed by atoms with Crippen LogP contribution in [0.25, 0.3) is 0 Å². The Bertz CT molecular complexity index is 815. The maximum Gasteiger partial charge on any atom is 0.293 e. The molecule has 1 N–H and O–H groups in total. The lowest BCUT2D eigenvalue weighted by molar-refractivity contribution is 0.0927. The molecular weight excluding hydrogens is 325 g/mol. The molecule has 2 aromatic heterocycles. The van der Waals surface area contributed by atoms with Gasteiger partial charge in [-0.2, -0.15) is 0 Å². The standard InChI is InChI=1S/C17H20FN5O2/c1-2-22-10-7-20-15(17(22)25)23-8-4-12(5-9-23)21-16(24)13-3-6-19-11-14(13)18/h3,6-7,10-12H,2,4-5,8-9H2,1H3,(H,21,24). The first-order valence-electron chi connectivity index (χ1n) is 8.31. The number of carbonyl (C=O) groups excluding carboxylic acids is 1. The summed E-state index contributed by atoms with van der Waals surface area (Å²) < 4.78 is 15.2. The van der Waals surface area contributed by atoms with Gasteiger partial charge < -0.3 is 14.8 Å². The Balaban J connectivity index is 1.62. The van der Waals surface area contributed by atoms with Crippen LogP contribution in [-0.2, 0) is 6.54 Å². The minimum atomic E-state index is -0.633. The summed E-state index contributed by atoms with van der Waals surface area (Å²) in [6.45, 7) is 3.73. The van der Waals surface area contributed by atoms with Crippen molar-refractivity contribution in [3.63, 3.8) is 0 Å². The Morgan fingerprint density at radius 1 is 1.36 bits per heavy atom. The molecule has 1 saturated heterocycles. The number of aryl methyl sites for hydroxylation is 1. The van der Waals surface area contributed by atoms with Crippen molar-refractivity contribution in [3.8, 4) is 0 Å². The largest absolute Gasteiger partial charge is 0.352 e. The SMILES string of the molecule is CCn1ccnc(N2CCC(NC(=O)c3ccncc3F)CC2)c1=O. The summed E-state index contributed by atoms with van der Waals surface area (Å²) in [6, 6.07) is 1.30. The number of hydrogen-bond acceptors (Lipinski definition) is 5. The zero-order valence-corrected chi connectivity index (χ0v) is 14.0. The van der Waals surface area contributed by atoms with Crippen LogP contribution in [0.1, 0.15) is 30.1 Å². The van der Waals surface area contributed by atoms with Crippen molar-refractivity contribution in [2.45, 2.75) is 32.4 Å². The number of nitrogens with one attached hydrogen (secondary N) is 1. The van der Waals surface area contributed by atoms with Gasteiger partial charge >= 0.3 is 0 Å². The van der Waals surface area contributed by atoms with E-state index >= 15 is 0 Å². The second kappa shape index (κ2) is 7.42. The van der Waals surface area contributed by atoms with E-state index in [-0.39, 0.29) is 17.2 Å². The van der Waals surface area contributed by atoms with Crippen LogP contribution in [0.4, 0.5) is 10.2 Å². The van der Waals surface area contributed by atoms with Crippen molar-refractivity contribution < 1.29 is 9.18 Å². The molecule has 3 rings (SSSR count). The third-order valence-corrected chi connectivity index (χ3v) is 4.38. The van der Waals surface area contributed by atoms with Crippen LogP contribution < -0.4 is 15.8 Å². The lowest BCUT2D eigenvalue weighted by Gasteiger charge is -2.32. The van der Waals surface area contributed by atoms with Gasteiger partial charge in [-0.15, -0.1) is 0 Å². The van der Waals surface area contributed by atoms with Gasteiger partial charge in [0.05, 0.1) is 11.8 Å². The van der Waals surface area contributed by atoms with E-state index in [1.807, 2.05) is 11.8 Å². The number of piperidine rings is 1. The molecule has 0 spiro atoms. The summed E-state index contributed by atoms with van der Waals surface area (Å²) in [5, 5.41) is 2.85. The second-order valence-corrected chi connectivity index (χ2v) is 5.93. The van der Waals surface area contributed by atoms with Crippen LogP contribution in [0.2, 0.25) is 0 Å². The predicted molar refractivity (Wildman–Crippen MR) is 91.1 cm³/mol. The maximum atomic E-state index is 13.6. The number of hydrogen-bond donors (Lipinski definition) is 1. The van der Waals surface area contributed by atoms with E-state index < -0.39 is 11.7 Å². The predicted octanol–water partition coefficient (Wildman–Crippen LogP) is 1.20. The molecule has 7 nitrogen and oxygen atoms in total. The number of anilines is 1. The van der Waals surface area contributed by atoms with Crippen molar-refractivity contribution in [1.82, 2.24) is 19.9 Å². The molecule has 3 heterocycles. The fourth-order valence-corrected chi connectivity index (χ4v) is 2.96. The molecule has 132 valence electrons. The van der Waals surface area contributed by atoms with E-state index in [1.165, 1.54) is 12.3 Å². The van der Waals surface area contributed by atoms with Crippen molar-refractivity contribution in [3.05, 3.63) is 52.6 Å². The molecule has 25 heavy (non-hydrogen) atoms. The summed E-state index contributed by atoms with van der Waals surface area (Å²) in [7, 11) is 0. The topological polar surface area (TPSA) is 80.1 Å². The first kappa shape index (κ1) is 17.1. The van der Waals surface area contributed by atoms with Gasteiger partial charge in [0.25, 0.3) is 11.5 Å². The highest BCUT2D eigenvalue weighted by molar-refractivity contribution is 5.94. The van der Waals surface area contributed by atoms with Gasteiger partial charge in [0.15, 0.2) is 11.6 Å². The Labute approximate surface area is 144 Å². The van der Waals surface area contributed by atoms with E-state index in [9.17, 15) is 14.0 Å². The van der Waals surface area contributed by atoms with Gasteiger partial charge in [-0.1, -0.05) is 0 Å². The molecule has 0 bridgehead atoms. The zero-order valence-electron chi connectivity index (χ0n) is 14.0. The smallest absolute Gasteiger partial charge is 0.293 e. The average Bonchev–Trinajstić information content (AvgIpc) is 2.63. The number of halogens is 1. The molecular formula is C17H20FN5O2. The average molecular weight is 345 g/mol. The Hall–Kier alpha value is -2.77. The number of carbonyl (C=O) groups is 1. The van der Waals surface area contributed by atoms with Gasteiger partial charge in [-0.3, -0.25) is 14.6 Å². The molecule has 0 radical (unpaired) electrons. The molecule has 0 aliphatic carbocycles. The summed E-state index contributed by atoms with van der Waals surface area (Å²) in [4.78, 5) is 34.3. The van der Waals surface area contributed by atoms with E-state index in [0.717, 1.165) is 6.20 Å². The van der Waals surface area contributed by atoms with E-state index in [0.29, 0.717) is 38.3 Å². The van der Waals surface area contributed by atoms with Crippen LogP contribution in [0.15, 0.2) is 35.6 Å². The molecule has 1 aliphatic heterocycles. The normalized spacial score (nSPS) is 15.2. The molecule has 1 fully saturated rings. The second-order valence-electron chi connectivity index (χ2n) is 5.93. The maximum absolute atomic E-state index is 13.6. The first-order chi connectivity index (χ1) is 12.1. The highest BCUT2D eigenvalue weighted by Gasteiger charge is 2.24. The van der Waals surface area contributed by atoms with Crippen molar-refractivity contribution >= 4 is 11.7 Å². The van der Waals surface area contributed by atoms with Crippen LogP contribution in [0.3, 0.4) is 0 Å². The summed E-state index contributed by atoms with van der Waals surface area (Å²) in [6.07, 6.45) is 7.04. The first-order valence-corrected chi connectivity index (χ1v) is 8.31. The van der Waals surface area contributed by atoms with E-state index in [1.54, 1.807) is 17.0 Å². The number of nitrogens with zero attached hydrogens (tertiary/aromatic N) is 4. The number of amides is 1. The molecule has 8 heteroatoms. The monoisotopic (exact) mass is 345 g/mol. The van der Waals surface area contributed by atoms with Crippen LogP contribution in [0, 0.1) is 5.82 Å². The van der Waals surface area contributed by atoms with Gasteiger partial charge in [0.2, 0.25) is 0 Å². The molecule has 0 saturated carbocycles. The van der Waals surface area contributed by atoms with Gasteiger partial charge in [0.1, 0.15) is 0 Å². The molecule has 1 aliphatic rings. The zero-order chi connectivity index (χ0) is 17.8. The highest BCUT2D eigenvalue weighted by atomic mass is 19.1. The minimum Gasteiger partial charge on any atom is -0.352 e. The number of pyridine rings is 1. The van der Waals surface area contributed by atoms with Crippen molar-refractivity contribution in [2.24, 2.45) is 0 Å². The number of aromatic nitrogens is 3.